The van der Waals surface area contributed by atoms with E-state index >= 15 is 0 Å². The fourth-order valence-electron chi connectivity index (χ4n) is 2.08. The fourth-order valence-corrected chi connectivity index (χ4v) is 2.73. The lowest BCUT2D eigenvalue weighted by atomic mass is 10.1. The molecule has 2 aromatic carbocycles. The van der Waals surface area contributed by atoms with Gasteiger partial charge in [0.15, 0.2) is 0 Å². The molecule has 0 aliphatic carbocycles. The molecule has 2 rings (SSSR count). The molecule has 2 aromatic rings. The minimum atomic E-state index is -0.416. The van der Waals surface area contributed by atoms with E-state index in [-0.39, 0.29) is 0 Å². The van der Waals surface area contributed by atoms with Gasteiger partial charge >= 0.3 is 0 Å². The molecule has 112 valence electrons. The summed E-state index contributed by atoms with van der Waals surface area (Å²) in [6.45, 7) is 4.13. The first-order valence-electron chi connectivity index (χ1n) is 7.07. The van der Waals surface area contributed by atoms with Crippen LogP contribution in [-0.4, -0.2) is 11.1 Å². The molecule has 2 atom stereocenters. The summed E-state index contributed by atoms with van der Waals surface area (Å²) in [5, 5.41) is 0. The Labute approximate surface area is 136 Å². The number of halogens is 2. The predicted molar refractivity (Wildman–Crippen MR) is 90.1 cm³/mol. The summed E-state index contributed by atoms with van der Waals surface area (Å²) in [5.41, 5.74) is 3.95. The van der Waals surface area contributed by atoms with Crippen LogP contribution in [0.3, 0.4) is 0 Å². The SMILES string of the molecule is Cc1ccc(CC(Cl)OC(Cl)Cc2ccc(C)cc2)cc1. The van der Waals surface area contributed by atoms with Gasteiger partial charge in [-0.05, 0) is 25.0 Å². The van der Waals surface area contributed by atoms with Crippen LogP contribution in [0.5, 0.6) is 0 Å². The summed E-state index contributed by atoms with van der Waals surface area (Å²) >= 11 is 12.5. The second-order valence-electron chi connectivity index (χ2n) is 5.34. The predicted octanol–water partition coefficient (Wildman–Crippen LogP) is 5.24. The van der Waals surface area contributed by atoms with Crippen LogP contribution in [0.25, 0.3) is 0 Å². The fraction of sp³-hybridized carbons (Fsp3) is 0.333. The lowest BCUT2D eigenvalue weighted by molar-refractivity contribution is 0.0825. The Morgan fingerprint density at radius 1 is 0.714 bits per heavy atom. The first-order valence-corrected chi connectivity index (χ1v) is 7.95. The second-order valence-corrected chi connectivity index (χ2v) is 6.31. The Kier molecular flexibility index (Phi) is 6.10. The molecule has 0 aromatic heterocycles. The third-order valence-corrected chi connectivity index (χ3v) is 3.84. The molecule has 0 saturated carbocycles. The summed E-state index contributed by atoms with van der Waals surface area (Å²) in [6, 6.07) is 16.6. The van der Waals surface area contributed by atoms with Crippen molar-refractivity contribution >= 4 is 23.2 Å². The number of benzene rings is 2. The number of rotatable bonds is 6. The standard InChI is InChI=1S/C18H20Cl2O/c1-13-3-7-15(8-4-13)11-17(19)21-18(20)12-16-9-5-14(2)6-10-16/h3-10,17-18H,11-12H2,1-2H3. The Hall–Kier alpha value is -1.02. The van der Waals surface area contributed by atoms with Crippen molar-refractivity contribution in [2.24, 2.45) is 0 Å². The molecule has 0 fully saturated rings. The molecule has 0 aliphatic rings. The number of hydrogen-bond donors (Lipinski definition) is 0. The number of alkyl halides is 2. The molecule has 0 saturated heterocycles. The highest BCUT2D eigenvalue weighted by Crippen LogP contribution is 2.17. The molecular formula is C18H20Cl2O. The van der Waals surface area contributed by atoms with Gasteiger partial charge in [0.1, 0.15) is 11.1 Å². The van der Waals surface area contributed by atoms with E-state index in [4.69, 9.17) is 27.9 Å². The summed E-state index contributed by atoms with van der Waals surface area (Å²) in [6.07, 6.45) is 1.30. The molecular weight excluding hydrogens is 303 g/mol. The molecule has 1 nitrogen and oxygen atoms in total. The first-order chi connectivity index (χ1) is 10.0. The van der Waals surface area contributed by atoms with Gasteiger partial charge in [-0.2, -0.15) is 0 Å². The number of aryl methyl sites for hydroxylation is 2. The van der Waals surface area contributed by atoms with Crippen LogP contribution in [0.15, 0.2) is 48.5 Å². The van der Waals surface area contributed by atoms with Gasteiger partial charge in [0.05, 0.1) is 0 Å². The van der Waals surface area contributed by atoms with Crippen LogP contribution >= 0.6 is 23.2 Å². The largest absolute Gasteiger partial charge is 0.343 e. The van der Waals surface area contributed by atoms with Gasteiger partial charge in [0.25, 0.3) is 0 Å². The highest BCUT2D eigenvalue weighted by Gasteiger charge is 2.13. The Balaban J connectivity index is 1.82. The number of ether oxygens (including phenoxy) is 1. The smallest absolute Gasteiger partial charge is 0.137 e. The molecule has 21 heavy (non-hydrogen) atoms. The van der Waals surface area contributed by atoms with Gasteiger partial charge in [0.2, 0.25) is 0 Å². The summed E-state index contributed by atoms with van der Waals surface area (Å²) in [4.78, 5) is 0. The monoisotopic (exact) mass is 322 g/mol. The van der Waals surface area contributed by atoms with Gasteiger partial charge in [-0.3, -0.25) is 0 Å². The third-order valence-electron chi connectivity index (χ3n) is 3.33. The zero-order valence-corrected chi connectivity index (χ0v) is 13.9. The van der Waals surface area contributed by atoms with Gasteiger partial charge in [0, 0.05) is 12.8 Å². The van der Waals surface area contributed by atoms with Crippen molar-refractivity contribution in [2.75, 3.05) is 0 Å². The van der Waals surface area contributed by atoms with Crippen molar-refractivity contribution in [2.45, 2.75) is 37.8 Å². The summed E-state index contributed by atoms with van der Waals surface area (Å²) in [7, 11) is 0. The van der Waals surface area contributed by atoms with Crippen LogP contribution < -0.4 is 0 Å². The zero-order valence-electron chi connectivity index (χ0n) is 12.4. The van der Waals surface area contributed by atoms with Crippen LogP contribution in [0.1, 0.15) is 22.3 Å². The van der Waals surface area contributed by atoms with E-state index in [1.807, 2.05) is 0 Å². The minimum Gasteiger partial charge on any atom is -0.343 e. The average Bonchev–Trinajstić information content (AvgIpc) is 2.44. The van der Waals surface area contributed by atoms with Crippen molar-refractivity contribution in [1.29, 1.82) is 0 Å². The molecule has 0 bridgehead atoms. The van der Waals surface area contributed by atoms with Gasteiger partial charge in [-0.1, -0.05) is 82.9 Å². The van der Waals surface area contributed by atoms with Gasteiger partial charge in [-0.25, -0.2) is 0 Å². The van der Waals surface area contributed by atoms with Crippen molar-refractivity contribution in [3.8, 4) is 0 Å². The van der Waals surface area contributed by atoms with Crippen LogP contribution in [0, 0.1) is 13.8 Å². The van der Waals surface area contributed by atoms with Crippen molar-refractivity contribution in [1.82, 2.24) is 0 Å². The van der Waals surface area contributed by atoms with Crippen LogP contribution in [-0.2, 0) is 17.6 Å². The Bertz CT molecular complexity index is 497. The lowest BCUT2D eigenvalue weighted by Crippen LogP contribution is -2.17. The molecule has 2 unspecified atom stereocenters. The topological polar surface area (TPSA) is 9.23 Å². The van der Waals surface area contributed by atoms with E-state index in [9.17, 15) is 0 Å². The highest BCUT2D eigenvalue weighted by atomic mass is 35.5. The molecule has 3 heteroatoms. The zero-order chi connectivity index (χ0) is 15.2. The Morgan fingerprint density at radius 2 is 1.05 bits per heavy atom. The minimum absolute atomic E-state index is 0.416. The van der Waals surface area contributed by atoms with E-state index in [2.05, 4.69) is 62.4 Å². The van der Waals surface area contributed by atoms with E-state index in [0.29, 0.717) is 12.8 Å². The van der Waals surface area contributed by atoms with E-state index in [1.54, 1.807) is 0 Å². The lowest BCUT2D eigenvalue weighted by Gasteiger charge is -2.16. The molecule has 0 spiro atoms. The molecule has 0 N–H and O–H groups in total. The normalized spacial score (nSPS) is 13.9. The van der Waals surface area contributed by atoms with Crippen LogP contribution in [0.4, 0.5) is 0 Å². The van der Waals surface area contributed by atoms with E-state index in [0.717, 1.165) is 11.1 Å². The quantitative estimate of drug-likeness (QED) is 0.661. The van der Waals surface area contributed by atoms with Crippen LogP contribution in [0.2, 0.25) is 0 Å². The van der Waals surface area contributed by atoms with Gasteiger partial charge < -0.3 is 4.74 Å². The highest BCUT2D eigenvalue weighted by molar-refractivity contribution is 6.22. The van der Waals surface area contributed by atoms with E-state index in [1.165, 1.54) is 11.1 Å². The maximum absolute atomic E-state index is 6.23. The van der Waals surface area contributed by atoms with Crippen molar-refractivity contribution in [3.63, 3.8) is 0 Å². The molecule has 0 heterocycles. The Morgan fingerprint density at radius 3 is 1.38 bits per heavy atom. The van der Waals surface area contributed by atoms with Crippen molar-refractivity contribution < 1.29 is 4.74 Å². The average molecular weight is 323 g/mol. The first kappa shape index (κ1) is 16.4. The van der Waals surface area contributed by atoms with Crippen molar-refractivity contribution in [3.05, 3.63) is 70.8 Å². The maximum Gasteiger partial charge on any atom is 0.137 e. The molecule has 0 radical (unpaired) electrons. The van der Waals surface area contributed by atoms with Gasteiger partial charge in [-0.15, -0.1) is 0 Å². The number of hydrogen-bond acceptors (Lipinski definition) is 1. The molecule has 0 aliphatic heterocycles. The maximum atomic E-state index is 6.23. The van der Waals surface area contributed by atoms with E-state index < -0.39 is 11.1 Å². The summed E-state index contributed by atoms with van der Waals surface area (Å²) < 4.78 is 5.65. The summed E-state index contributed by atoms with van der Waals surface area (Å²) in [5.74, 6) is 0. The second kappa shape index (κ2) is 7.84. The molecule has 0 amide bonds. The third kappa shape index (κ3) is 5.70.